The molecule has 0 spiro atoms. The van der Waals surface area contributed by atoms with Crippen LogP contribution < -0.4 is 23.7 Å². The SMILES string of the molecule is C#CCCS(=O)(=O)NC(=O)C1C(O)C2(O)c3c(OC)cc(OC)cc3OC2(c2ccc(OC)cc2)C1c1ccccc1. The summed E-state index contributed by atoms with van der Waals surface area (Å²) in [6.45, 7) is 0. The van der Waals surface area contributed by atoms with Gasteiger partial charge in [0.25, 0.3) is 0 Å². The van der Waals surface area contributed by atoms with E-state index in [0.29, 0.717) is 22.6 Å². The highest BCUT2D eigenvalue weighted by molar-refractivity contribution is 7.90. The van der Waals surface area contributed by atoms with Crippen LogP contribution in [0.4, 0.5) is 0 Å². The zero-order valence-corrected chi connectivity index (χ0v) is 24.1. The highest BCUT2D eigenvalue weighted by Crippen LogP contribution is 2.70. The van der Waals surface area contributed by atoms with E-state index in [1.807, 2.05) is 0 Å². The van der Waals surface area contributed by atoms with Gasteiger partial charge in [-0.05, 0) is 23.3 Å². The predicted octanol–water partition coefficient (Wildman–Crippen LogP) is 2.43. The van der Waals surface area contributed by atoms with E-state index in [1.54, 1.807) is 60.7 Å². The number of rotatable bonds is 9. The minimum atomic E-state index is -4.16. The second-order valence-electron chi connectivity index (χ2n) is 10.1. The molecule has 3 N–H and O–H groups in total. The molecule has 11 heteroatoms. The average Bonchev–Trinajstić information content (AvgIpc) is 3.38. The van der Waals surface area contributed by atoms with Crippen LogP contribution in [0.15, 0.2) is 66.7 Å². The first-order valence-electron chi connectivity index (χ1n) is 13.1. The second kappa shape index (κ2) is 10.9. The molecule has 1 saturated carbocycles. The van der Waals surface area contributed by atoms with E-state index in [-0.39, 0.29) is 23.5 Å². The van der Waals surface area contributed by atoms with Crippen LogP contribution in [0.1, 0.15) is 29.0 Å². The van der Waals surface area contributed by atoms with Crippen molar-refractivity contribution >= 4 is 15.9 Å². The lowest BCUT2D eigenvalue weighted by Gasteiger charge is -2.40. The van der Waals surface area contributed by atoms with Crippen LogP contribution in [0.2, 0.25) is 0 Å². The lowest BCUT2D eigenvalue weighted by Crippen LogP contribution is -2.52. The summed E-state index contributed by atoms with van der Waals surface area (Å²) in [6.07, 6.45) is 3.25. The normalized spacial score (nSPS) is 25.9. The molecule has 5 atom stereocenters. The van der Waals surface area contributed by atoms with Crippen LogP contribution in [0.5, 0.6) is 23.0 Å². The highest BCUT2D eigenvalue weighted by Gasteiger charge is 2.78. The summed E-state index contributed by atoms with van der Waals surface area (Å²) in [5.74, 6) is -0.639. The van der Waals surface area contributed by atoms with Crippen molar-refractivity contribution in [1.82, 2.24) is 4.72 Å². The zero-order chi connectivity index (χ0) is 30.3. The predicted molar refractivity (Wildman–Crippen MR) is 153 cm³/mol. The Morgan fingerprint density at radius 1 is 1.02 bits per heavy atom. The van der Waals surface area contributed by atoms with Crippen molar-refractivity contribution in [3.05, 3.63) is 83.4 Å². The molecule has 1 heterocycles. The summed E-state index contributed by atoms with van der Waals surface area (Å²) in [7, 11) is 0.206. The van der Waals surface area contributed by atoms with Crippen molar-refractivity contribution in [2.24, 2.45) is 5.92 Å². The van der Waals surface area contributed by atoms with E-state index in [9.17, 15) is 23.4 Å². The molecule has 2 aliphatic rings. The Morgan fingerprint density at radius 3 is 2.29 bits per heavy atom. The smallest absolute Gasteiger partial charge is 0.240 e. The van der Waals surface area contributed by atoms with Gasteiger partial charge in [0.1, 0.15) is 29.1 Å². The van der Waals surface area contributed by atoms with Crippen LogP contribution in [0, 0.1) is 18.3 Å². The first kappa shape index (κ1) is 29.3. The minimum absolute atomic E-state index is 0.0977. The van der Waals surface area contributed by atoms with Crippen LogP contribution in [-0.2, 0) is 26.0 Å². The Labute approximate surface area is 244 Å². The maximum Gasteiger partial charge on any atom is 0.240 e. The van der Waals surface area contributed by atoms with Gasteiger partial charge >= 0.3 is 0 Å². The first-order valence-corrected chi connectivity index (χ1v) is 14.8. The topological polar surface area (TPSA) is 141 Å². The van der Waals surface area contributed by atoms with Gasteiger partial charge in [-0.15, -0.1) is 12.3 Å². The van der Waals surface area contributed by atoms with Crippen LogP contribution >= 0.6 is 0 Å². The Kier molecular flexibility index (Phi) is 7.57. The zero-order valence-electron chi connectivity index (χ0n) is 23.2. The number of fused-ring (bicyclic) bond motifs is 3. The molecule has 5 unspecified atom stereocenters. The second-order valence-corrected chi connectivity index (χ2v) is 12.0. The Bertz CT molecular complexity index is 1640. The van der Waals surface area contributed by atoms with Crippen LogP contribution in [-0.4, -0.2) is 57.7 Å². The summed E-state index contributed by atoms with van der Waals surface area (Å²) in [5.41, 5.74) is -3.13. The van der Waals surface area contributed by atoms with Gasteiger partial charge in [-0.1, -0.05) is 42.5 Å². The van der Waals surface area contributed by atoms with Crippen molar-refractivity contribution in [2.45, 2.75) is 29.6 Å². The van der Waals surface area contributed by atoms with Gasteiger partial charge < -0.3 is 29.2 Å². The van der Waals surface area contributed by atoms with E-state index in [1.165, 1.54) is 27.4 Å². The number of carbonyl (C=O) groups is 1. The van der Waals surface area contributed by atoms with E-state index in [2.05, 4.69) is 10.6 Å². The molecule has 0 saturated heterocycles. The monoisotopic (exact) mass is 593 g/mol. The molecule has 220 valence electrons. The number of methoxy groups -OCH3 is 3. The van der Waals surface area contributed by atoms with E-state index < -0.39 is 50.8 Å². The molecule has 1 aliphatic carbocycles. The number of amides is 1. The third-order valence-corrected chi connectivity index (χ3v) is 9.28. The fraction of sp³-hybridized carbons (Fsp3) is 0.323. The van der Waals surface area contributed by atoms with Crippen molar-refractivity contribution in [3.63, 3.8) is 0 Å². The van der Waals surface area contributed by atoms with Crippen LogP contribution in [0.25, 0.3) is 0 Å². The van der Waals surface area contributed by atoms with Gasteiger partial charge in [-0.25, -0.2) is 8.42 Å². The Balaban J connectivity index is 1.81. The molecule has 3 aromatic carbocycles. The minimum Gasteiger partial charge on any atom is -0.497 e. The molecule has 0 bridgehead atoms. The average molecular weight is 594 g/mol. The van der Waals surface area contributed by atoms with Gasteiger partial charge in [0.15, 0.2) is 11.2 Å². The number of hydrogen-bond acceptors (Lipinski definition) is 9. The van der Waals surface area contributed by atoms with Gasteiger partial charge in [-0.3, -0.25) is 9.52 Å². The van der Waals surface area contributed by atoms with Gasteiger partial charge in [0, 0.05) is 24.5 Å². The molecule has 0 aromatic heterocycles. The molecule has 10 nitrogen and oxygen atoms in total. The Hall–Kier alpha value is -4.24. The molecule has 5 rings (SSSR count). The molecular formula is C31H31NO9S. The number of aliphatic hydroxyl groups is 2. The molecule has 0 radical (unpaired) electrons. The highest BCUT2D eigenvalue weighted by atomic mass is 32.2. The Morgan fingerprint density at radius 2 is 1.69 bits per heavy atom. The molecule has 1 fully saturated rings. The van der Waals surface area contributed by atoms with Crippen molar-refractivity contribution in [1.29, 1.82) is 0 Å². The van der Waals surface area contributed by atoms with E-state index in [0.717, 1.165) is 0 Å². The lowest BCUT2D eigenvalue weighted by molar-refractivity contribution is -0.154. The number of hydrogen-bond donors (Lipinski definition) is 3. The van der Waals surface area contributed by atoms with Gasteiger partial charge in [0.05, 0.1) is 38.6 Å². The van der Waals surface area contributed by atoms with Crippen molar-refractivity contribution < 1.29 is 42.4 Å². The van der Waals surface area contributed by atoms with Crippen LogP contribution in [0.3, 0.4) is 0 Å². The number of aliphatic hydroxyl groups excluding tert-OH is 1. The third kappa shape index (κ3) is 4.34. The fourth-order valence-corrected chi connectivity index (χ4v) is 7.19. The number of carbonyl (C=O) groups excluding carboxylic acids is 1. The largest absolute Gasteiger partial charge is 0.497 e. The summed E-state index contributed by atoms with van der Waals surface area (Å²) < 4.78 is 50.7. The van der Waals surface area contributed by atoms with Crippen molar-refractivity contribution in [2.75, 3.05) is 27.1 Å². The number of nitrogens with one attached hydrogen (secondary N) is 1. The first-order chi connectivity index (χ1) is 20.1. The fourth-order valence-electron chi connectivity index (χ4n) is 6.26. The summed E-state index contributed by atoms with van der Waals surface area (Å²) in [6, 6.07) is 18.5. The van der Waals surface area contributed by atoms with Crippen molar-refractivity contribution in [3.8, 4) is 35.3 Å². The molecule has 42 heavy (non-hydrogen) atoms. The standard InChI is InChI=1S/C31H31NO9S/c1-5-6-16-42(36,37)32-29(34)25-26(19-10-8-7-9-11-19)31(20-12-14-21(38-2)15-13-20)30(35,28(25)33)27-23(40-4)17-22(39-3)18-24(27)41-31/h1,7-15,17-18,25-26,28,33,35H,6,16H2,2-4H3,(H,32,34). The maximum absolute atomic E-state index is 13.9. The third-order valence-electron chi connectivity index (χ3n) is 8.03. The summed E-state index contributed by atoms with van der Waals surface area (Å²) in [5, 5.41) is 24.9. The number of sulfonamides is 1. The summed E-state index contributed by atoms with van der Waals surface area (Å²) >= 11 is 0. The molecule has 1 amide bonds. The van der Waals surface area contributed by atoms with E-state index >= 15 is 0 Å². The van der Waals surface area contributed by atoms with E-state index in [4.69, 9.17) is 25.4 Å². The number of terminal acetylenes is 1. The molecular weight excluding hydrogens is 562 g/mol. The lowest BCUT2D eigenvalue weighted by atomic mass is 9.70. The number of ether oxygens (including phenoxy) is 4. The maximum atomic E-state index is 13.9. The quantitative estimate of drug-likeness (QED) is 0.319. The molecule has 1 aliphatic heterocycles. The summed E-state index contributed by atoms with van der Waals surface area (Å²) in [4.78, 5) is 13.9. The molecule has 3 aromatic rings. The van der Waals surface area contributed by atoms with Gasteiger partial charge in [0.2, 0.25) is 15.9 Å². The van der Waals surface area contributed by atoms with Gasteiger partial charge in [-0.2, -0.15) is 0 Å². The number of benzene rings is 3.